The summed E-state index contributed by atoms with van der Waals surface area (Å²) in [5.41, 5.74) is 0. The Morgan fingerprint density at radius 3 is 2.07 bits per heavy atom. The largest absolute Gasteiger partial charge is 0.365 e. The fraction of sp³-hybridized carbons (Fsp3) is 0. The van der Waals surface area contributed by atoms with Crippen molar-refractivity contribution in [2.45, 2.75) is 0 Å². The normalized spacial score (nSPS) is 16.0. The predicted molar refractivity (Wildman–Crippen MR) is 65.2 cm³/mol. The second-order valence-corrected chi connectivity index (χ2v) is 2.42. The number of aliphatic imine (C=N–C) groups is 3. The Labute approximate surface area is 88.9 Å². The van der Waals surface area contributed by atoms with Crippen LogP contribution in [-0.4, -0.2) is 18.6 Å². The number of nitrogens with one attached hydrogen (secondary N) is 1. The van der Waals surface area contributed by atoms with Gasteiger partial charge in [-0.1, -0.05) is 6.08 Å². The van der Waals surface area contributed by atoms with Crippen LogP contribution in [0.15, 0.2) is 64.2 Å². The van der Waals surface area contributed by atoms with Crippen LogP contribution in [0.3, 0.4) is 0 Å². The van der Waals surface area contributed by atoms with Crippen molar-refractivity contribution in [1.82, 2.24) is 5.32 Å². The standard InChI is InChI=1S/C11H12N4/c1-2-4-12-6-8-14-10-11-15-9-7-13-5-3-1/h1-11,14H. The number of nitrogens with zero attached hydrogens (tertiary/aromatic N) is 3. The van der Waals surface area contributed by atoms with Crippen LogP contribution in [0.25, 0.3) is 0 Å². The lowest BCUT2D eigenvalue weighted by Gasteiger charge is -1.84. The maximum atomic E-state index is 3.98. The molecule has 0 saturated carbocycles. The van der Waals surface area contributed by atoms with Gasteiger partial charge in [-0.05, 0) is 12.2 Å². The second kappa shape index (κ2) is 8.37. The molecule has 1 heterocycles. The molecule has 0 aromatic rings. The Kier molecular flexibility index (Phi) is 6.05. The van der Waals surface area contributed by atoms with Crippen molar-refractivity contribution in [3.05, 3.63) is 49.2 Å². The maximum absolute atomic E-state index is 3.98. The third-order valence-corrected chi connectivity index (χ3v) is 1.32. The Morgan fingerprint density at radius 1 is 0.600 bits per heavy atom. The van der Waals surface area contributed by atoms with Crippen molar-refractivity contribution in [3.63, 3.8) is 0 Å². The molecule has 4 heteroatoms. The van der Waals surface area contributed by atoms with E-state index in [1.165, 1.54) is 0 Å². The third-order valence-electron chi connectivity index (χ3n) is 1.32. The Morgan fingerprint density at radius 2 is 1.27 bits per heavy atom. The molecule has 0 amide bonds. The molecule has 0 spiro atoms. The van der Waals surface area contributed by atoms with Gasteiger partial charge in [-0.2, -0.15) is 0 Å². The van der Waals surface area contributed by atoms with Crippen LogP contribution in [0.4, 0.5) is 0 Å². The average molecular weight is 200 g/mol. The molecule has 4 nitrogen and oxygen atoms in total. The van der Waals surface area contributed by atoms with Gasteiger partial charge in [0.2, 0.25) is 0 Å². The predicted octanol–water partition coefficient (Wildman–Crippen LogP) is 1.81. The molecule has 0 aromatic carbocycles. The summed E-state index contributed by atoms with van der Waals surface area (Å²) in [4.78, 5) is 11.9. The van der Waals surface area contributed by atoms with E-state index in [1.807, 2.05) is 18.2 Å². The van der Waals surface area contributed by atoms with Crippen molar-refractivity contribution in [2.24, 2.45) is 15.0 Å². The summed E-state index contributed by atoms with van der Waals surface area (Å²) in [6.45, 7) is 0. The summed E-state index contributed by atoms with van der Waals surface area (Å²) in [7, 11) is 0. The first kappa shape index (κ1) is 10.8. The van der Waals surface area contributed by atoms with Crippen molar-refractivity contribution < 1.29 is 0 Å². The highest BCUT2D eigenvalue weighted by Gasteiger charge is 1.68. The van der Waals surface area contributed by atoms with Gasteiger partial charge in [0.1, 0.15) is 0 Å². The lowest BCUT2D eigenvalue weighted by Crippen LogP contribution is -1.89. The molecule has 0 atom stereocenters. The first-order chi connectivity index (χ1) is 7.50. The zero-order valence-corrected chi connectivity index (χ0v) is 8.19. The highest BCUT2D eigenvalue weighted by molar-refractivity contribution is 6.16. The number of rotatable bonds is 0. The summed E-state index contributed by atoms with van der Waals surface area (Å²) >= 11 is 0. The molecule has 0 saturated heterocycles. The van der Waals surface area contributed by atoms with Crippen LogP contribution in [-0.2, 0) is 0 Å². The Balaban J connectivity index is 2.62. The number of hydrogen-bond acceptors (Lipinski definition) is 4. The fourth-order valence-corrected chi connectivity index (χ4v) is 0.717. The summed E-state index contributed by atoms with van der Waals surface area (Å²) in [5, 5.41) is 2.88. The molecule has 0 radical (unpaired) electrons. The molecule has 76 valence electrons. The van der Waals surface area contributed by atoms with E-state index in [1.54, 1.807) is 49.6 Å². The topological polar surface area (TPSA) is 49.1 Å². The van der Waals surface area contributed by atoms with E-state index in [9.17, 15) is 0 Å². The van der Waals surface area contributed by atoms with Gasteiger partial charge in [-0.25, -0.2) is 0 Å². The van der Waals surface area contributed by atoms with Gasteiger partial charge >= 0.3 is 0 Å². The van der Waals surface area contributed by atoms with Gasteiger partial charge in [0.15, 0.2) is 0 Å². The van der Waals surface area contributed by atoms with Crippen LogP contribution in [0.2, 0.25) is 0 Å². The molecule has 0 fully saturated rings. The molecule has 15 heavy (non-hydrogen) atoms. The first-order valence-electron chi connectivity index (χ1n) is 4.46. The van der Waals surface area contributed by atoms with Gasteiger partial charge in [-0.15, -0.1) is 0 Å². The number of hydrogen-bond donors (Lipinski definition) is 1. The van der Waals surface area contributed by atoms with Gasteiger partial charge in [0, 0.05) is 49.6 Å². The Bertz CT molecular complexity index is 323. The van der Waals surface area contributed by atoms with Gasteiger partial charge in [0.05, 0.1) is 0 Å². The van der Waals surface area contributed by atoms with Gasteiger partial charge < -0.3 is 5.32 Å². The highest BCUT2D eigenvalue weighted by Crippen LogP contribution is 1.79. The van der Waals surface area contributed by atoms with E-state index in [0.717, 1.165) is 0 Å². The van der Waals surface area contributed by atoms with Crippen LogP contribution in [0.1, 0.15) is 0 Å². The molecule has 0 aliphatic carbocycles. The zero-order valence-electron chi connectivity index (χ0n) is 8.19. The van der Waals surface area contributed by atoms with Crippen molar-refractivity contribution in [3.8, 4) is 0 Å². The van der Waals surface area contributed by atoms with E-state index in [-0.39, 0.29) is 0 Å². The fourth-order valence-electron chi connectivity index (χ4n) is 0.717. The second-order valence-electron chi connectivity index (χ2n) is 2.42. The highest BCUT2D eigenvalue weighted by atomic mass is 14.8. The number of allylic oxidation sites excluding steroid dienone is 3. The minimum Gasteiger partial charge on any atom is -0.365 e. The van der Waals surface area contributed by atoms with E-state index in [4.69, 9.17) is 0 Å². The van der Waals surface area contributed by atoms with Gasteiger partial charge in [0.25, 0.3) is 0 Å². The van der Waals surface area contributed by atoms with E-state index < -0.39 is 0 Å². The molecule has 0 unspecified atom stereocenters. The lowest BCUT2D eigenvalue weighted by atomic mass is 10.5. The summed E-state index contributed by atoms with van der Waals surface area (Å²) in [6, 6.07) is 0. The van der Waals surface area contributed by atoms with Crippen LogP contribution in [0.5, 0.6) is 0 Å². The average Bonchev–Trinajstić information content (AvgIpc) is 2.27. The van der Waals surface area contributed by atoms with Crippen molar-refractivity contribution >= 4 is 18.6 Å². The lowest BCUT2D eigenvalue weighted by molar-refractivity contribution is 1.17. The van der Waals surface area contributed by atoms with Crippen molar-refractivity contribution in [1.29, 1.82) is 0 Å². The van der Waals surface area contributed by atoms with Crippen LogP contribution >= 0.6 is 0 Å². The van der Waals surface area contributed by atoms with Gasteiger partial charge in [-0.3, -0.25) is 15.0 Å². The van der Waals surface area contributed by atoms with Crippen LogP contribution in [0, 0.1) is 0 Å². The minimum atomic E-state index is 1.60. The summed E-state index contributed by atoms with van der Waals surface area (Å²) in [6.07, 6.45) is 18.7. The van der Waals surface area contributed by atoms with E-state index in [2.05, 4.69) is 20.3 Å². The molecule has 1 aliphatic heterocycles. The van der Waals surface area contributed by atoms with E-state index in [0.29, 0.717) is 0 Å². The Hall–Kier alpha value is -2.23. The summed E-state index contributed by atoms with van der Waals surface area (Å²) < 4.78 is 0. The molecule has 1 aliphatic rings. The monoisotopic (exact) mass is 200 g/mol. The summed E-state index contributed by atoms with van der Waals surface area (Å²) in [5.74, 6) is 0. The molecule has 1 N–H and O–H groups in total. The first-order valence-corrected chi connectivity index (χ1v) is 4.46. The minimum absolute atomic E-state index is 1.60. The quantitative estimate of drug-likeness (QED) is 0.637. The molecule has 1 rings (SSSR count). The molecular weight excluding hydrogens is 188 g/mol. The zero-order chi connectivity index (χ0) is 10.6. The smallest absolute Gasteiger partial charge is 0.0451 e. The SMILES string of the molecule is C1=CC=NC=CNC=CN=CC=NC=C1. The van der Waals surface area contributed by atoms with E-state index >= 15 is 0 Å². The molecule has 0 aromatic heterocycles. The van der Waals surface area contributed by atoms with Crippen molar-refractivity contribution in [2.75, 3.05) is 0 Å². The molecule has 0 bridgehead atoms. The van der Waals surface area contributed by atoms with Crippen LogP contribution < -0.4 is 5.32 Å². The maximum Gasteiger partial charge on any atom is 0.0451 e. The molecular formula is C11H12N4. The third kappa shape index (κ3) is 6.89.